The summed E-state index contributed by atoms with van der Waals surface area (Å²) in [6.45, 7) is 0.466. The topological polar surface area (TPSA) is 156 Å². The first-order chi connectivity index (χ1) is 16.8. The van der Waals surface area contributed by atoms with E-state index in [2.05, 4.69) is 0 Å². The van der Waals surface area contributed by atoms with E-state index in [0.29, 0.717) is 6.42 Å². The third-order valence-electron chi connectivity index (χ3n) is 5.81. The average Bonchev–Trinajstić information content (AvgIpc) is 3.30. The molecule has 0 radical (unpaired) electrons. The molecule has 0 saturated carbocycles. The number of fused-ring (bicyclic) bond motifs is 1. The molecule has 1 aliphatic rings. The number of aliphatic hydroxyl groups excluding tert-OH is 3. The summed E-state index contributed by atoms with van der Waals surface area (Å²) in [6, 6.07) is 11.6. The Labute approximate surface area is 200 Å². The first-order valence-corrected chi connectivity index (χ1v) is 11.1. The summed E-state index contributed by atoms with van der Waals surface area (Å²) in [5, 5.41) is 41.8. The smallest absolute Gasteiger partial charge is 0.303 e. The molecule has 0 unspecified atom stereocenters. The fraction of sp³-hybridized carbons (Fsp3) is 0.360. The van der Waals surface area contributed by atoms with Crippen molar-refractivity contribution in [2.24, 2.45) is 0 Å². The lowest BCUT2D eigenvalue weighted by Crippen LogP contribution is -2.61. The van der Waals surface area contributed by atoms with Crippen molar-refractivity contribution in [3.8, 4) is 11.5 Å². The number of carbonyl (C=O) groups excluding carboxylic acids is 2. The Bertz CT molecular complexity index is 1200. The molecule has 1 saturated heterocycles. The Morgan fingerprint density at radius 1 is 1.09 bits per heavy atom. The van der Waals surface area contributed by atoms with Gasteiger partial charge in [0.2, 0.25) is 6.29 Å². The van der Waals surface area contributed by atoms with Crippen LogP contribution in [-0.4, -0.2) is 69.5 Å². The number of carbonyl (C=O) groups is 2. The number of aliphatic hydroxyl groups is 3. The zero-order valence-electron chi connectivity index (χ0n) is 18.9. The fourth-order valence-corrected chi connectivity index (χ4v) is 4.06. The van der Waals surface area contributed by atoms with Crippen molar-refractivity contribution in [2.45, 2.75) is 50.5 Å². The summed E-state index contributed by atoms with van der Waals surface area (Å²) in [4.78, 5) is 24.5. The molecule has 0 amide bonds. The first-order valence-electron chi connectivity index (χ1n) is 11.1. The van der Waals surface area contributed by atoms with Crippen LogP contribution in [0, 0.1) is 0 Å². The number of esters is 1. The normalized spacial score (nSPS) is 24.3. The van der Waals surface area contributed by atoms with Gasteiger partial charge in [-0.25, -0.2) is 0 Å². The van der Waals surface area contributed by atoms with Gasteiger partial charge in [0.15, 0.2) is 18.0 Å². The summed E-state index contributed by atoms with van der Waals surface area (Å²) in [7, 11) is 0. The van der Waals surface area contributed by atoms with Crippen LogP contribution in [0.25, 0.3) is 11.0 Å². The number of rotatable bonds is 8. The Hall–Kier alpha value is -3.44. The van der Waals surface area contributed by atoms with E-state index in [1.807, 2.05) is 24.3 Å². The largest absolute Gasteiger partial charge is 0.507 e. The van der Waals surface area contributed by atoms with Crippen molar-refractivity contribution < 1.29 is 48.6 Å². The molecular formula is C25H26O10. The van der Waals surface area contributed by atoms with Gasteiger partial charge in [-0.2, -0.15) is 0 Å². The van der Waals surface area contributed by atoms with E-state index in [0.717, 1.165) is 23.5 Å². The average molecular weight is 486 g/mol. The van der Waals surface area contributed by atoms with Crippen LogP contribution < -0.4 is 4.74 Å². The molecule has 5 atom stereocenters. The van der Waals surface area contributed by atoms with Crippen molar-refractivity contribution in [3.63, 3.8) is 0 Å². The van der Waals surface area contributed by atoms with Crippen molar-refractivity contribution in [1.29, 1.82) is 0 Å². The highest BCUT2D eigenvalue weighted by atomic mass is 16.7. The summed E-state index contributed by atoms with van der Waals surface area (Å²) in [6.07, 6.45) is -5.26. The lowest BCUT2D eigenvalue weighted by Gasteiger charge is -2.41. The Morgan fingerprint density at radius 2 is 1.89 bits per heavy atom. The molecule has 2 heterocycles. The maximum absolute atomic E-state index is 13.1. The number of furan rings is 1. The predicted molar refractivity (Wildman–Crippen MR) is 121 cm³/mol. The SMILES string of the molecule is CC(=O)O[C@@H]1[C@@H](O)[C@H](Oc2cccc(O)c2C(=O)CCc2ccc3occc3c2)O[C@H](CO)[C@H]1O. The molecular weight excluding hydrogens is 460 g/mol. The summed E-state index contributed by atoms with van der Waals surface area (Å²) >= 11 is 0. The molecule has 0 bridgehead atoms. The molecule has 3 aromatic rings. The van der Waals surface area contributed by atoms with Crippen molar-refractivity contribution in [2.75, 3.05) is 6.61 Å². The maximum Gasteiger partial charge on any atom is 0.303 e. The van der Waals surface area contributed by atoms with E-state index >= 15 is 0 Å². The van der Waals surface area contributed by atoms with Crippen molar-refractivity contribution in [1.82, 2.24) is 0 Å². The number of aryl methyl sites for hydroxylation is 1. The van der Waals surface area contributed by atoms with Crippen LogP contribution in [0.15, 0.2) is 53.1 Å². The summed E-state index contributed by atoms with van der Waals surface area (Å²) < 4.78 is 21.5. The Morgan fingerprint density at radius 3 is 2.63 bits per heavy atom. The molecule has 10 heteroatoms. The minimum Gasteiger partial charge on any atom is -0.507 e. The molecule has 1 fully saturated rings. The number of ketones is 1. The number of phenols is 1. The first kappa shape index (κ1) is 24.7. The molecule has 35 heavy (non-hydrogen) atoms. The molecule has 0 spiro atoms. The van der Waals surface area contributed by atoms with Crippen LogP contribution in [0.2, 0.25) is 0 Å². The zero-order valence-corrected chi connectivity index (χ0v) is 18.9. The molecule has 4 N–H and O–H groups in total. The lowest BCUT2D eigenvalue weighted by atomic mass is 9.98. The predicted octanol–water partition coefficient (Wildman–Crippen LogP) is 1.70. The van der Waals surface area contributed by atoms with Gasteiger partial charge in [-0.15, -0.1) is 0 Å². The van der Waals surface area contributed by atoms with E-state index < -0.39 is 49.1 Å². The van der Waals surface area contributed by atoms with E-state index in [-0.39, 0.29) is 23.5 Å². The van der Waals surface area contributed by atoms with Crippen LogP contribution in [0.4, 0.5) is 0 Å². The highest BCUT2D eigenvalue weighted by Crippen LogP contribution is 2.33. The molecule has 186 valence electrons. The minimum atomic E-state index is -1.64. The summed E-state index contributed by atoms with van der Waals surface area (Å²) in [5.41, 5.74) is 1.53. The molecule has 1 aromatic heterocycles. The van der Waals surface area contributed by atoms with Gasteiger partial charge >= 0.3 is 5.97 Å². The summed E-state index contributed by atoms with van der Waals surface area (Å²) in [5.74, 6) is -1.56. The number of hydrogen-bond acceptors (Lipinski definition) is 10. The monoisotopic (exact) mass is 486 g/mol. The number of Topliss-reactive ketones (excluding diaryl/α,β-unsaturated/α-hetero) is 1. The second-order valence-corrected chi connectivity index (χ2v) is 8.26. The maximum atomic E-state index is 13.1. The molecule has 0 aliphatic carbocycles. The van der Waals surface area contributed by atoms with Crippen LogP contribution in [0.5, 0.6) is 11.5 Å². The van der Waals surface area contributed by atoms with E-state index in [1.54, 1.807) is 6.26 Å². The van der Waals surface area contributed by atoms with E-state index in [4.69, 9.17) is 18.6 Å². The Kier molecular flexibility index (Phi) is 7.37. The molecule has 10 nitrogen and oxygen atoms in total. The van der Waals surface area contributed by atoms with E-state index in [1.165, 1.54) is 18.2 Å². The standard InChI is InChI=1S/C25H26O10/c1-13(27)33-24-22(30)20(12-26)35-25(23(24)31)34-19-4-2-3-16(28)21(19)17(29)7-5-14-6-8-18-15(11-14)9-10-32-18/h2-4,6,8-11,20,22-26,28,30-31H,5,7,12H2,1H3/t20-,22-,23-,24+,25-/m1/s1. The zero-order chi connectivity index (χ0) is 25.1. The second-order valence-electron chi connectivity index (χ2n) is 8.26. The van der Waals surface area contributed by atoms with Crippen LogP contribution in [-0.2, 0) is 20.7 Å². The van der Waals surface area contributed by atoms with Crippen molar-refractivity contribution in [3.05, 3.63) is 59.9 Å². The molecule has 1 aliphatic heterocycles. The number of hydrogen-bond donors (Lipinski definition) is 4. The van der Waals surface area contributed by atoms with Crippen LogP contribution >= 0.6 is 0 Å². The van der Waals surface area contributed by atoms with E-state index in [9.17, 15) is 30.0 Å². The van der Waals surface area contributed by atoms with Gasteiger partial charge < -0.3 is 39.1 Å². The van der Waals surface area contributed by atoms with Crippen LogP contribution in [0.1, 0.15) is 29.3 Å². The molecule has 4 rings (SSSR count). The van der Waals surface area contributed by atoms with Gasteiger partial charge in [0.25, 0.3) is 0 Å². The fourth-order valence-electron chi connectivity index (χ4n) is 4.06. The van der Waals surface area contributed by atoms with Gasteiger partial charge in [0.1, 0.15) is 34.9 Å². The molecule has 2 aromatic carbocycles. The Balaban J connectivity index is 1.52. The lowest BCUT2D eigenvalue weighted by molar-refractivity contribution is -0.281. The second kappa shape index (κ2) is 10.4. The number of ether oxygens (including phenoxy) is 3. The number of benzene rings is 2. The van der Waals surface area contributed by atoms with Gasteiger partial charge in [-0.3, -0.25) is 9.59 Å². The third kappa shape index (κ3) is 5.30. The third-order valence-corrected chi connectivity index (χ3v) is 5.81. The van der Waals surface area contributed by atoms with Crippen LogP contribution in [0.3, 0.4) is 0 Å². The van der Waals surface area contributed by atoms with Crippen molar-refractivity contribution >= 4 is 22.7 Å². The highest BCUT2D eigenvalue weighted by Gasteiger charge is 2.47. The number of aromatic hydroxyl groups is 1. The minimum absolute atomic E-state index is 0.0550. The van der Waals surface area contributed by atoms with Gasteiger partial charge in [-0.05, 0) is 42.3 Å². The quantitative estimate of drug-likeness (QED) is 0.273. The van der Waals surface area contributed by atoms with Gasteiger partial charge in [-0.1, -0.05) is 12.1 Å². The highest BCUT2D eigenvalue weighted by molar-refractivity contribution is 6.01. The number of phenolic OH excluding ortho intramolecular Hbond substituents is 1. The van der Waals surface area contributed by atoms with Gasteiger partial charge in [0.05, 0.1) is 12.9 Å². The van der Waals surface area contributed by atoms with Gasteiger partial charge in [0, 0.05) is 18.7 Å².